The van der Waals surface area contributed by atoms with Crippen LogP contribution in [-0.2, 0) is 16.2 Å². The second-order valence-corrected chi connectivity index (χ2v) is 7.20. The number of hydrogen-bond acceptors (Lipinski definition) is 4. The number of ether oxygens (including phenoxy) is 1. The van der Waals surface area contributed by atoms with Crippen LogP contribution in [0.5, 0.6) is 5.75 Å². The van der Waals surface area contributed by atoms with Crippen molar-refractivity contribution in [2.24, 2.45) is 11.1 Å². The van der Waals surface area contributed by atoms with Gasteiger partial charge in [0.25, 0.3) is 0 Å². The highest BCUT2D eigenvalue weighted by Gasteiger charge is 2.27. The molecule has 0 saturated heterocycles. The Kier molecular flexibility index (Phi) is 6.29. The third kappa shape index (κ3) is 4.88. The van der Waals surface area contributed by atoms with E-state index in [1.165, 1.54) is 12.1 Å². The quantitative estimate of drug-likeness (QED) is 0.725. The van der Waals surface area contributed by atoms with Gasteiger partial charge in [-0.3, -0.25) is 4.79 Å². The summed E-state index contributed by atoms with van der Waals surface area (Å²) in [5.74, 6) is 0.322. The Morgan fingerprint density at radius 2 is 2.04 bits per heavy atom. The molecule has 0 bridgehead atoms. The number of nitrogens with zero attached hydrogens (tertiary/aromatic N) is 2. The zero-order valence-corrected chi connectivity index (χ0v) is 16.4. The number of rotatable bonds is 7. The Morgan fingerprint density at radius 1 is 1.29 bits per heavy atom. The molecule has 148 valence electrons. The standard InChI is InChI=1S/C22H25FN2O3/c1-15(2)22(26)25(13-16-5-4-6-18(23)11-16)14-20-12-21(24-28-20)17-7-9-19(27-3)10-8-17/h4-11,15,20H,12-14H2,1-3H3/t20-/m0/s1. The molecule has 0 saturated carbocycles. The number of amides is 1. The molecule has 0 spiro atoms. The molecule has 0 unspecified atom stereocenters. The molecule has 2 aromatic rings. The van der Waals surface area contributed by atoms with E-state index < -0.39 is 0 Å². The van der Waals surface area contributed by atoms with Crippen molar-refractivity contribution in [3.8, 4) is 5.75 Å². The molecule has 1 aliphatic heterocycles. The van der Waals surface area contributed by atoms with E-state index in [2.05, 4.69) is 5.16 Å². The normalized spacial score (nSPS) is 15.9. The Morgan fingerprint density at radius 3 is 2.68 bits per heavy atom. The van der Waals surface area contributed by atoms with Gasteiger partial charge in [0.15, 0.2) is 6.10 Å². The summed E-state index contributed by atoms with van der Waals surface area (Å²) in [5.41, 5.74) is 2.56. The molecule has 1 aliphatic rings. The van der Waals surface area contributed by atoms with E-state index in [1.807, 2.05) is 44.2 Å². The van der Waals surface area contributed by atoms with E-state index in [-0.39, 0.29) is 23.7 Å². The maximum Gasteiger partial charge on any atom is 0.225 e. The summed E-state index contributed by atoms with van der Waals surface area (Å²) in [4.78, 5) is 20.0. The summed E-state index contributed by atoms with van der Waals surface area (Å²) in [7, 11) is 1.63. The van der Waals surface area contributed by atoms with Crippen molar-refractivity contribution in [3.63, 3.8) is 0 Å². The molecule has 28 heavy (non-hydrogen) atoms. The van der Waals surface area contributed by atoms with Crippen LogP contribution in [0.3, 0.4) is 0 Å². The summed E-state index contributed by atoms with van der Waals surface area (Å²) in [5, 5.41) is 4.20. The minimum Gasteiger partial charge on any atom is -0.497 e. The van der Waals surface area contributed by atoms with Gasteiger partial charge in [-0.05, 0) is 47.5 Å². The first kappa shape index (κ1) is 19.9. The van der Waals surface area contributed by atoms with Gasteiger partial charge in [0, 0.05) is 18.9 Å². The molecule has 2 aromatic carbocycles. The van der Waals surface area contributed by atoms with Crippen LogP contribution in [-0.4, -0.2) is 36.3 Å². The number of benzene rings is 2. The van der Waals surface area contributed by atoms with Crippen molar-refractivity contribution in [2.45, 2.75) is 32.9 Å². The number of carbonyl (C=O) groups is 1. The van der Waals surface area contributed by atoms with Crippen LogP contribution in [0.1, 0.15) is 31.4 Å². The topological polar surface area (TPSA) is 51.1 Å². The predicted octanol–water partition coefficient (Wildman–Crippen LogP) is 4.01. The van der Waals surface area contributed by atoms with Crippen LogP contribution in [0.4, 0.5) is 4.39 Å². The second kappa shape index (κ2) is 8.87. The SMILES string of the molecule is COc1ccc(C2=NO[C@H](CN(Cc3cccc(F)c3)C(=O)C(C)C)C2)cc1. The summed E-state index contributed by atoms with van der Waals surface area (Å²) >= 11 is 0. The number of hydrogen-bond donors (Lipinski definition) is 0. The van der Waals surface area contributed by atoms with E-state index in [1.54, 1.807) is 18.1 Å². The maximum atomic E-state index is 13.5. The first-order valence-corrected chi connectivity index (χ1v) is 9.36. The third-order valence-corrected chi connectivity index (χ3v) is 4.65. The van der Waals surface area contributed by atoms with Crippen molar-refractivity contribution in [2.75, 3.05) is 13.7 Å². The number of carbonyl (C=O) groups excluding carboxylic acids is 1. The first-order valence-electron chi connectivity index (χ1n) is 9.36. The predicted molar refractivity (Wildman–Crippen MR) is 106 cm³/mol. The lowest BCUT2D eigenvalue weighted by molar-refractivity contribution is -0.137. The van der Waals surface area contributed by atoms with Gasteiger partial charge in [0.1, 0.15) is 11.6 Å². The Balaban J connectivity index is 1.67. The van der Waals surface area contributed by atoms with Crippen molar-refractivity contribution in [1.82, 2.24) is 4.90 Å². The number of methoxy groups -OCH3 is 1. The molecule has 0 N–H and O–H groups in total. The van der Waals surface area contributed by atoms with Crippen molar-refractivity contribution < 1.29 is 18.8 Å². The van der Waals surface area contributed by atoms with Crippen LogP contribution < -0.4 is 4.74 Å². The highest BCUT2D eigenvalue weighted by Crippen LogP contribution is 2.21. The summed E-state index contributed by atoms with van der Waals surface area (Å²) in [6.45, 7) is 4.45. The lowest BCUT2D eigenvalue weighted by Crippen LogP contribution is -2.39. The zero-order chi connectivity index (χ0) is 20.1. The van der Waals surface area contributed by atoms with E-state index >= 15 is 0 Å². The highest BCUT2D eigenvalue weighted by atomic mass is 19.1. The van der Waals surface area contributed by atoms with E-state index in [0.29, 0.717) is 19.5 Å². The van der Waals surface area contributed by atoms with Gasteiger partial charge >= 0.3 is 0 Å². The van der Waals surface area contributed by atoms with Gasteiger partial charge in [0.2, 0.25) is 5.91 Å². The van der Waals surface area contributed by atoms with E-state index in [0.717, 1.165) is 22.6 Å². The van der Waals surface area contributed by atoms with Crippen LogP contribution in [0.25, 0.3) is 0 Å². The number of oxime groups is 1. The lowest BCUT2D eigenvalue weighted by Gasteiger charge is -2.26. The van der Waals surface area contributed by atoms with Gasteiger partial charge < -0.3 is 14.5 Å². The third-order valence-electron chi connectivity index (χ3n) is 4.65. The van der Waals surface area contributed by atoms with Gasteiger partial charge in [-0.1, -0.05) is 31.1 Å². The fourth-order valence-electron chi connectivity index (χ4n) is 3.18. The molecule has 0 radical (unpaired) electrons. The summed E-state index contributed by atoms with van der Waals surface area (Å²) in [6, 6.07) is 14.0. The molecular weight excluding hydrogens is 359 g/mol. The van der Waals surface area contributed by atoms with Crippen molar-refractivity contribution in [1.29, 1.82) is 0 Å². The molecule has 1 heterocycles. The Hall–Kier alpha value is -2.89. The fourth-order valence-corrected chi connectivity index (χ4v) is 3.18. The van der Waals surface area contributed by atoms with E-state index in [4.69, 9.17) is 9.57 Å². The van der Waals surface area contributed by atoms with Crippen LogP contribution in [0.2, 0.25) is 0 Å². The maximum absolute atomic E-state index is 13.5. The fraction of sp³-hybridized carbons (Fsp3) is 0.364. The average molecular weight is 384 g/mol. The smallest absolute Gasteiger partial charge is 0.225 e. The van der Waals surface area contributed by atoms with Crippen LogP contribution >= 0.6 is 0 Å². The minimum atomic E-state index is -0.309. The number of halogens is 1. The van der Waals surface area contributed by atoms with Crippen LogP contribution in [0.15, 0.2) is 53.7 Å². The average Bonchev–Trinajstić information content (AvgIpc) is 3.15. The van der Waals surface area contributed by atoms with Crippen molar-refractivity contribution in [3.05, 3.63) is 65.5 Å². The van der Waals surface area contributed by atoms with Gasteiger partial charge in [-0.2, -0.15) is 0 Å². The van der Waals surface area contributed by atoms with Gasteiger partial charge in [0.05, 0.1) is 19.4 Å². The molecule has 0 aromatic heterocycles. The summed E-state index contributed by atoms with van der Waals surface area (Å²) in [6.07, 6.45) is 0.380. The molecule has 1 atom stereocenters. The molecule has 6 heteroatoms. The molecule has 1 amide bonds. The summed E-state index contributed by atoms with van der Waals surface area (Å²) < 4.78 is 18.7. The lowest BCUT2D eigenvalue weighted by atomic mass is 10.0. The molecular formula is C22H25FN2O3. The van der Waals surface area contributed by atoms with Gasteiger partial charge in [-0.15, -0.1) is 0 Å². The Labute approximate surface area is 164 Å². The zero-order valence-electron chi connectivity index (χ0n) is 16.4. The van der Waals surface area contributed by atoms with Gasteiger partial charge in [-0.25, -0.2) is 4.39 Å². The molecule has 0 fully saturated rings. The monoisotopic (exact) mass is 384 g/mol. The Bertz CT molecular complexity index is 849. The largest absolute Gasteiger partial charge is 0.497 e. The molecule has 0 aliphatic carbocycles. The second-order valence-electron chi connectivity index (χ2n) is 7.20. The van der Waals surface area contributed by atoms with E-state index in [9.17, 15) is 9.18 Å². The first-order chi connectivity index (χ1) is 13.5. The van der Waals surface area contributed by atoms with Crippen molar-refractivity contribution >= 4 is 11.6 Å². The molecule has 3 rings (SSSR count). The minimum absolute atomic E-state index is 0.00533. The van der Waals surface area contributed by atoms with Crippen LogP contribution in [0, 0.1) is 11.7 Å². The highest BCUT2D eigenvalue weighted by molar-refractivity contribution is 6.01. The molecule has 5 nitrogen and oxygen atoms in total.